The van der Waals surface area contributed by atoms with Crippen molar-refractivity contribution >= 4 is 88.8 Å². The Balaban J connectivity index is 2.66. The van der Waals surface area contributed by atoms with Gasteiger partial charge in [0.1, 0.15) is 60.4 Å². The number of nitrogens with one attached hydrogen (secondary N) is 10. The van der Waals surface area contributed by atoms with Crippen LogP contribution in [-0.2, 0) is 65.6 Å². The van der Waals surface area contributed by atoms with Gasteiger partial charge in [-0.2, -0.15) is 0 Å². The predicted octanol–water partition coefficient (Wildman–Crippen LogP) is -4.48. The van der Waals surface area contributed by atoms with Gasteiger partial charge in [-0.1, -0.05) is 115 Å². The summed E-state index contributed by atoms with van der Waals surface area (Å²) in [6.45, 7) is 13.7. The molecule has 0 unspecified atom stereocenters. The SMILES string of the molecule is CC[C@H](C)[C@H](NC(=O)[C@H](CCCN=C(N)N)NC(=O)[C@H](C)NC(=O)[C@H](C)N)C(=O)N[C@H](C(=O)N[C@@H](CC(C)C)C(=O)N[C@@H](CCCN=C(N)N)C(=O)N[C@@H](Cc1ccccc1)C(=O)N[C@@H](CCCN=C(N)N)C(=O)N[C@@H](Cc1ccccc1)C(=O)N[C@@H](CCCN=C(N)N)C(N)=O)[C@@H](C)CC. The summed E-state index contributed by atoms with van der Waals surface area (Å²) in [4.78, 5) is 171. The minimum atomic E-state index is -1.47. The van der Waals surface area contributed by atoms with Gasteiger partial charge in [0.25, 0.3) is 0 Å². The molecule has 562 valence electrons. The second kappa shape index (κ2) is 46.1. The van der Waals surface area contributed by atoms with Crippen molar-refractivity contribution in [3.63, 3.8) is 0 Å². The standard InChI is InChI=1S/C66H112N24O11/c1-9-37(5)50(90-62(101)51(38(6)10-2)89-57(96)46(28-20-32-80-66(75)76)83-54(93)40(8)81-53(92)39(7)67)61(100)88-47(33-36(3)4)58(97)84-44(26-18-30-78-64(71)72)55(94)87-49(35-42-23-15-12-16-24-42)60(99)85-45(27-19-31-79-65(73)74)56(95)86-48(34-41-21-13-11-14-22-41)59(98)82-43(52(68)91)25-17-29-77-63(69)70/h11-16,21-24,36-40,43-51H,9-10,17-20,25-35,67H2,1-8H3,(H2,68,91)(H,81,92)(H,82,98)(H,83,93)(H,84,97)(H,85,99)(H,86,95)(H,87,94)(H,88,100)(H,89,96)(H,90,101)(H4,69,70,77)(H4,71,72,78)(H4,73,74,79)(H4,75,76,80)/t37-,38-,39-,40-,43-,44-,45-,46-,47-,48-,49-,50-,51-/m0/s1. The van der Waals surface area contributed by atoms with Gasteiger partial charge in [0.05, 0.1) is 6.04 Å². The van der Waals surface area contributed by atoms with Crippen LogP contribution in [0.3, 0.4) is 0 Å². The average Bonchev–Trinajstić information content (AvgIpc) is 0.870. The Morgan fingerprint density at radius 1 is 0.347 bits per heavy atom. The predicted molar refractivity (Wildman–Crippen MR) is 386 cm³/mol. The Morgan fingerprint density at radius 2 is 0.634 bits per heavy atom. The van der Waals surface area contributed by atoms with E-state index in [1.807, 2.05) is 0 Å². The first kappa shape index (κ1) is 86.7. The van der Waals surface area contributed by atoms with Gasteiger partial charge in [0, 0.05) is 39.0 Å². The number of hydrogen-bond acceptors (Lipinski definition) is 16. The number of primary amides is 1. The van der Waals surface area contributed by atoms with E-state index < -0.39 is 143 Å². The third-order valence-electron chi connectivity index (χ3n) is 16.3. The summed E-state index contributed by atoms with van der Waals surface area (Å²) in [6, 6.07) is 3.12. The third kappa shape index (κ3) is 34.3. The van der Waals surface area contributed by atoms with E-state index in [1.54, 1.807) is 102 Å². The Kier molecular flexibility index (Phi) is 39.6. The average molecular weight is 1420 g/mol. The van der Waals surface area contributed by atoms with Crippen LogP contribution in [0.4, 0.5) is 0 Å². The summed E-state index contributed by atoms with van der Waals surface area (Å²) in [5, 5.41) is 27.2. The number of carbonyl (C=O) groups excluding carboxylic acids is 11. The third-order valence-corrected chi connectivity index (χ3v) is 16.3. The molecule has 35 heteroatoms. The minimum Gasteiger partial charge on any atom is -0.370 e. The van der Waals surface area contributed by atoms with Gasteiger partial charge in [-0.25, -0.2) is 0 Å². The molecule has 13 atom stereocenters. The lowest BCUT2D eigenvalue weighted by atomic mass is 9.94. The highest BCUT2D eigenvalue weighted by molar-refractivity contribution is 5.99. The molecule has 0 aliphatic rings. The number of nitrogens with zero attached hydrogens (tertiary/aromatic N) is 4. The van der Waals surface area contributed by atoms with Crippen molar-refractivity contribution in [2.45, 2.75) is 205 Å². The highest BCUT2D eigenvalue weighted by Crippen LogP contribution is 2.17. The first-order valence-corrected chi connectivity index (χ1v) is 34.1. The van der Waals surface area contributed by atoms with Gasteiger partial charge >= 0.3 is 0 Å². The van der Waals surface area contributed by atoms with Gasteiger partial charge in [0.15, 0.2) is 23.8 Å². The number of rotatable bonds is 47. The number of aliphatic imine (C=N–C) groups is 4. The molecule has 2 rings (SSSR count). The van der Waals surface area contributed by atoms with Gasteiger partial charge in [-0.05, 0) is 101 Å². The fraction of sp³-hybridized carbons (Fsp3) is 0.591. The van der Waals surface area contributed by atoms with E-state index in [-0.39, 0.29) is 127 Å². The highest BCUT2D eigenvalue weighted by atomic mass is 16.2. The molecule has 101 heavy (non-hydrogen) atoms. The minimum absolute atomic E-state index is 0.00119. The normalized spacial score (nSPS) is 14.8. The van der Waals surface area contributed by atoms with Crippen LogP contribution in [0, 0.1) is 17.8 Å². The number of guanidine groups is 4. The molecule has 30 N–H and O–H groups in total. The quantitative estimate of drug-likeness (QED) is 0.0169. The van der Waals surface area contributed by atoms with Crippen LogP contribution in [-0.4, -0.2) is 181 Å². The van der Waals surface area contributed by atoms with Crippen molar-refractivity contribution in [2.75, 3.05) is 26.2 Å². The molecule has 0 saturated carbocycles. The van der Waals surface area contributed by atoms with Crippen LogP contribution in [0.1, 0.15) is 137 Å². The molecule has 0 saturated heterocycles. The van der Waals surface area contributed by atoms with Crippen LogP contribution in [0.15, 0.2) is 80.6 Å². The van der Waals surface area contributed by atoms with Gasteiger partial charge in [-0.3, -0.25) is 72.7 Å². The fourth-order valence-corrected chi connectivity index (χ4v) is 10.2. The van der Waals surface area contributed by atoms with Crippen molar-refractivity contribution in [1.29, 1.82) is 0 Å². The van der Waals surface area contributed by atoms with Crippen molar-refractivity contribution in [1.82, 2.24) is 53.2 Å². The lowest BCUT2D eigenvalue weighted by Crippen LogP contribution is -2.62. The summed E-state index contributed by atoms with van der Waals surface area (Å²) >= 11 is 0. The van der Waals surface area contributed by atoms with E-state index in [4.69, 9.17) is 57.3 Å². The highest BCUT2D eigenvalue weighted by Gasteiger charge is 2.38. The molecule has 0 heterocycles. The van der Waals surface area contributed by atoms with E-state index in [0.717, 1.165) is 0 Å². The number of amides is 11. The number of nitrogens with two attached hydrogens (primary N) is 10. The van der Waals surface area contributed by atoms with Gasteiger partial charge in [0.2, 0.25) is 65.0 Å². The molecule has 0 aliphatic heterocycles. The van der Waals surface area contributed by atoms with Crippen LogP contribution < -0.4 is 111 Å². The van der Waals surface area contributed by atoms with E-state index >= 15 is 0 Å². The zero-order valence-electron chi connectivity index (χ0n) is 59.4. The lowest BCUT2D eigenvalue weighted by molar-refractivity contribution is -0.137. The topological polar surface area (TPSA) is 618 Å². The summed E-state index contributed by atoms with van der Waals surface area (Å²) in [7, 11) is 0. The molecule has 11 amide bonds. The molecule has 35 nitrogen and oxygen atoms in total. The largest absolute Gasteiger partial charge is 0.370 e. The number of hydrogen-bond donors (Lipinski definition) is 20. The van der Waals surface area contributed by atoms with E-state index in [0.29, 0.717) is 24.0 Å². The molecule has 0 spiro atoms. The molecule has 0 aliphatic carbocycles. The van der Waals surface area contributed by atoms with Crippen molar-refractivity contribution in [3.05, 3.63) is 71.8 Å². The Bertz CT molecular complexity index is 3120. The fourth-order valence-electron chi connectivity index (χ4n) is 10.2. The first-order valence-electron chi connectivity index (χ1n) is 34.1. The summed E-state index contributed by atoms with van der Waals surface area (Å²) in [5.41, 5.74) is 57.1. The number of benzene rings is 2. The van der Waals surface area contributed by atoms with Crippen molar-refractivity contribution in [2.24, 2.45) is 95.1 Å². The zero-order chi connectivity index (χ0) is 75.9. The van der Waals surface area contributed by atoms with Crippen LogP contribution in [0.25, 0.3) is 0 Å². The Hall–Kier alpha value is -10.4. The molecule has 2 aromatic carbocycles. The van der Waals surface area contributed by atoms with E-state index in [9.17, 15) is 52.7 Å². The molecule has 0 bridgehead atoms. The maximum atomic E-state index is 14.9. The molecule has 0 fully saturated rings. The van der Waals surface area contributed by atoms with Crippen LogP contribution in [0.2, 0.25) is 0 Å². The Labute approximate surface area is 590 Å². The summed E-state index contributed by atoms with van der Waals surface area (Å²) in [6.07, 6.45) is 0.979. The van der Waals surface area contributed by atoms with Crippen molar-refractivity contribution < 1.29 is 52.7 Å². The van der Waals surface area contributed by atoms with Crippen LogP contribution >= 0.6 is 0 Å². The molecule has 2 aromatic rings. The van der Waals surface area contributed by atoms with Gasteiger partial charge < -0.3 is 111 Å². The summed E-state index contributed by atoms with van der Waals surface area (Å²) in [5.74, 6) is -10.9. The van der Waals surface area contributed by atoms with E-state index in [1.165, 1.54) is 13.8 Å². The first-order chi connectivity index (χ1) is 47.7. The molecular formula is C66H112N24O11. The zero-order valence-corrected chi connectivity index (χ0v) is 59.4. The summed E-state index contributed by atoms with van der Waals surface area (Å²) < 4.78 is 0. The smallest absolute Gasteiger partial charge is 0.243 e. The molecule has 0 aromatic heterocycles. The monoisotopic (exact) mass is 1420 g/mol. The number of carbonyl (C=O) groups is 11. The molecular weight excluding hydrogens is 1300 g/mol. The molecule has 0 radical (unpaired) electrons. The maximum Gasteiger partial charge on any atom is 0.243 e. The van der Waals surface area contributed by atoms with E-state index in [2.05, 4.69) is 73.1 Å². The second-order valence-electron chi connectivity index (χ2n) is 25.4. The van der Waals surface area contributed by atoms with Gasteiger partial charge in [-0.15, -0.1) is 0 Å². The lowest BCUT2D eigenvalue weighted by Gasteiger charge is -2.31. The maximum absolute atomic E-state index is 14.9. The second-order valence-corrected chi connectivity index (χ2v) is 25.4. The van der Waals surface area contributed by atoms with Crippen LogP contribution in [0.5, 0.6) is 0 Å². The Morgan fingerprint density at radius 3 is 0.970 bits per heavy atom. The van der Waals surface area contributed by atoms with Crippen molar-refractivity contribution in [3.8, 4) is 0 Å².